The zero-order valence-electron chi connectivity index (χ0n) is 15.2. The first-order chi connectivity index (χ1) is 11.8. The van der Waals surface area contributed by atoms with Crippen molar-refractivity contribution >= 4 is 5.69 Å². The summed E-state index contributed by atoms with van der Waals surface area (Å²) in [6.07, 6.45) is 0. The summed E-state index contributed by atoms with van der Waals surface area (Å²) in [4.78, 5) is 2.16. The number of hydrogen-bond acceptors (Lipinski definition) is 3. The Bertz CT molecular complexity index is 849. The number of nitriles is 2. The SMILES string of the molecule is CN1CC(c2ccccc2)C(C#N)(C#N)c2cc(C(C)(C)C)ccc21. The summed E-state index contributed by atoms with van der Waals surface area (Å²) in [7, 11) is 2.03. The van der Waals surface area contributed by atoms with Gasteiger partial charge in [0.05, 0.1) is 12.1 Å². The third-order valence-electron chi connectivity index (χ3n) is 5.23. The molecule has 0 bridgehead atoms. The third-order valence-corrected chi connectivity index (χ3v) is 5.23. The summed E-state index contributed by atoms with van der Waals surface area (Å²) in [5.41, 5.74) is 2.76. The van der Waals surface area contributed by atoms with E-state index in [1.807, 2.05) is 37.4 Å². The molecule has 0 N–H and O–H groups in total. The van der Waals surface area contributed by atoms with Crippen LogP contribution in [-0.4, -0.2) is 13.6 Å². The van der Waals surface area contributed by atoms with Crippen LogP contribution in [0.4, 0.5) is 5.69 Å². The van der Waals surface area contributed by atoms with Crippen molar-refractivity contribution in [2.45, 2.75) is 37.5 Å². The second-order valence-corrected chi connectivity index (χ2v) is 7.86. The molecule has 1 unspecified atom stereocenters. The fraction of sp³-hybridized carbons (Fsp3) is 0.364. The van der Waals surface area contributed by atoms with E-state index in [0.29, 0.717) is 6.54 Å². The average Bonchev–Trinajstić information content (AvgIpc) is 2.61. The van der Waals surface area contributed by atoms with Gasteiger partial charge in [0.1, 0.15) is 0 Å². The quantitative estimate of drug-likeness (QED) is 0.774. The molecule has 0 spiro atoms. The molecule has 1 heterocycles. The summed E-state index contributed by atoms with van der Waals surface area (Å²) in [6.45, 7) is 7.09. The van der Waals surface area contributed by atoms with E-state index in [1.54, 1.807) is 0 Å². The number of anilines is 1. The van der Waals surface area contributed by atoms with Crippen molar-refractivity contribution in [1.82, 2.24) is 0 Å². The highest BCUT2D eigenvalue weighted by molar-refractivity contribution is 5.67. The van der Waals surface area contributed by atoms with Crippen molar-refractivity contribution in [3.8, 4) is 12.1 Å². The predicted molar refractivity (Wildman–Crippen MR) is 100 cm³/mol. The van der Waals surface area contributed by atoms with E-state index in [-0.39, 0.29) is 11.3 Å². The van der Waals surface area contributed by atoms with Crippen LogP contribution in [0, 0.1) is 22.7 Å². The zero-order valence-corrected chi connectivity index (χ0v) is 15.2. The third kappa shape index (κ3) is 2.67. The number of fused-ring (bicyclic) bond motifs is 1. The van der Waals surface area contributed by atoms with Crippen LogP contribution >= 0.6 is 0 Å². The van der Waals surface area contributed by atoms with Crippen molar-refractivity contribution in [1.29, 1.82) is 10.5 Å². The summed E-state index contributed by atoms with van der Waals surface area (Å²) in [5, 5.41) is 20.2. The summed E-state index contributed by atoms with van der Waals surface area (Å²) in [5.74, 6) is -0.184. The van der Waals surface area contributed by atoms with Gasteiger partial charge in [-0.15, -0.1) is 0 Å². The summed E-state index contributed by atoms with van der Waals surface area (Å²) >= 11 is 0. The maximum absolute atomic E-state index is 10.1. The second-order valence-electron chi connectivity index (χ2n) is 7.86. The van der Waals surface area contributed by atoms with Gasteiger partial charge in [0.2, 0.25) is 0 Å². The number of likely N-dealkylation sites (N-methyl/N-ethyl adjacent to an activating group) is 1. The first kappa shape index (κ1) is 17.1. The molecule has 0 saturated heterocycles. The van der Waals surface area contributed by atoms with Crippen LogP contribution < -0.4 is 4.90 Å². The molecule has 0 saturated carbocycles. The lowest BCUT2D eigenvalue weighted by Crippen LogP contribution is -2.44. The fourth-order valence-corrected chi connectivity index (χ4v) is 3.69. The lowest BCUT2D eigenvalue weighted by atomic mass is 9.65. The molecule has 1 aliphatic rings. The molecule has 0 aromatic heterocycles. The van der Waals surface area contributed by atoms with Crippen molar-refractivity contribution in [3.63, 3.8) is 0 Å². The largest absolute Gasteiger partial charge is 0.374 e. The molecule has 0 amide bonds. The van der Waals surface area contributed by atoms with Gasteiger partial charge in [0.15, 0.2) is 5.41 Å². The Morgan fingerprint density at radius 2 is 1.68 bits per heavy atom. The molecule has 3 heteroatoms. The molecule has 0 aliphatic carbocycles. The van der Waals surface area contributed by atoms with E-state index in [9.17, 15) is 10.5 Å². The smallest absolute Gasteiger partial charge is 0.179 e. The van der Waals surface area contributed by atoms with E-state index in [1.165, 1.54) is 0 Å². The predicted octanol–water partition coefficient (Wildman–Crippen LogP) is 4.50. The van der Waals surface area contributed by atoms with Crippen LogP contribution in [0.3, 0.4) is 0 Å². The van der Waals surface area contributed by atoms with Crippen LogP contribution in [0.5, 0.6) is 0 Å². The summed E-state index contributed by atoms with van der Waals surface area (Å²) in [6, 6.07) is 20.9. The minimum Gasteiger partial charge on any atom is -0.374 e. The van der Waals surface area contributed by atoms with Crippen molar-refractivity contribution in [2.24, 2.45) is 0 Å². The Labute approximate surface area is 150 Å². The standard InChI is InChI=1S/C22H23N3/c1-21(2,3)17-10-11-20-18(12-17)22(14-23,15-24)19(13-25(20)4)16-8-6-5-7-9-16/h5-12,19H,13H2,1-4H3. The Morgan fingerprint density at radius 1 is 1.04 bits per heavy atom. The van der Waals surface area contributed by atoms with Gasteiger partial charge in [-0.25, -0.2) is 0 Å². The molecule has 25 heavy (non-hydrogen) atoms. The van der Waals surface area contributed by atoms with E-state index in [0.717, 1.165) is 22.4 Å². The normalized spacial score (nSPS) is 18.8. The molecule has 3 rings (SSSR count). The van der Waals surface area contributed by atoms with Gasteiger partial charge in [-0.1, -0.05) is 63.2 Å². The number of hydrogen-bond donors (Lipinski definition) is 0. The van der Waals surface area contributed by atoms with Gasteiger partial charge in [-0.2, -0.15) is 10.5 Å². The second kappa shape index (κ2) is 5.94. The van der Waals surface area contributed by atoms with Crippen LogP contribution in [-0.2, 0) is 10.8 Å². The van der Waals surface area contributed by atoms with Gasteiger partial charge < -0.3 is 4.90 Å². The van der Waals surface area contributed by atoms with Crippen molar-refractivity contribution < 1.29 is 0 Å². The lowest BCUT2D eigenvalue weighted by Gasteiger charge is -2.42. The molecule has 2 aromatic carbocycles. The molecule has 0 radical (unpaired) electrons. The van der Waals surface area contributed by atoms with Crippen LogP contribution in [0.2, 0.25) is 0 Å². The Balaban J connectivity index is 2.27. The highest BCUT2D eigenvalue weighted by Gasteiger charge is 2.48. The fourth-order valence-electron chi connectivity index (χ4n) is 3.69. The van der Waals surface area contributed by atoms with Crippen molar-refractivity contribution in [3.05, 3.63) is 65.2 Å². The highest BCUT2D eigenvalue weighted by atomic mass is 15.1. The maximum atomic E-state index is 10.1. The Morgan fingerprint density at radius 3 is 2.24 bits per heavy atom. The zero-order chi connectivity index (χ0) is 18.2. The van der Waals surface area contributed by atoms with E-state index >= 15 is 0 Å². The van der Waals surface area contributed by atoms with Gasteiger partial charge in [0.25, 0.3) is 0 Å². The first-order valence-corrected chi connectivity index (χ1v) is 8.57. The molecule has 3 nitrogen and oxygen atoms in total. The number of benzene rings is 2. The van der Waals surface area contributed by atoms with Gasteiger partial charge >= 0.3 is 0 Å². The number of rotatable bonds is 1. The Kier molecular flexibility index (Phi) is 4.05. The lowest BCUT2D eigenvalue weighted by molar-refractivity contribution is 0.501. The maximum Gasteiger partial charge on any atom is 0.179 e. The monoisotopic (exact) mass is 329 g/mol. The molecule has 126 valence electrons. The van der Waals surface area contributed by atoms with Crippen molar-refractivity contribution in [2.75, 3.05) is 18.5 Å². The van der Waals surface area contributed by atoms with Crippen LogP contribution in [0.15, 0.2) is 48.5 Å². The summed E-state index contributed by atoms with van der Waals surface area (Å²) < 4.78 is 0. The highest BCUT2D eigenvalue weighted by Crippen LogP contribution is 2.48. The molecule has 0 fully saturated rings. The average molecular weight is 329 g/mol. The van der Waals surface area contributed by atoms with Gasteiger partial charge in [-0.05, 0) is 22.6 Å². The topological polar surface area (TPSA) is 50.8 Å². The number of nitrogens with zero attached hydrogens (tertiary/aromatic N) is 3. The van der Waals surface area contributed by atoms with Gasteiger partial charge in [-0.3, -0.25) is 0 Å². The van der Waals surface area contributed by atoms with E-state index < -0.39 is 5.41 Å². The molecule has 1 aliphatic heterocycles. The molecular weight excluding hydrogens is 306 g/mol. The minimum absolute atomic E-state index is 0.0378. The van der Waals surface area contributed by atoms with E-state index in [4.69, 9.17) is 0 Å². The van der Waals surface area contributed by atoms with Crippen LogP contribution in [0.25, 0.3) is 0 Å². The van der Waals surface area contributed by atoms with E-state index in [2.05, 4.69) is 56.0 Å². The minimum atomic E-state index is -1.18. The van der Waals surface area contributed by atoms with Crippen LogP contribution in [0.1, 0.15) is 43.4 Å². The Hall–Kier alpha value is -2.78. The molecule has 2 aromatic rings. The molecule has 1 atom stereocenters. The molecular formula is C22H23N3. The van der Waals surface area contributed by atoms with Gasteiger partial charge in [0, 0.05) is 30.8 Å². The first-order valence-electron chi connectivity index (χ1n) is 8.57.